The van der Waals surface area contributed by atoms with E-state index in [1.807, 2.05) is 6.07 Å². The van der Waals surface area contributed by atoms with Gasteiger partial charge in [0.1, 0.15) is 17.7 Å². The van der Waals surface area contributed by atoms with Crippen molar-refractivity contribution in [1.82, 2.24) is 15.0 Å². The summed E-state index contributed by atoms with van der Waals surface area (Å²) >= 11 is 5.95. The smallest absolute Gasteiger partial charge is 0.170 e. The van der Waals surface area contributed by atoms with Crippen LogP contribution < -0.4 is 4.90 Å². The Balaban J connectivity index is 1.37. The zero-order valence-corrected chi connectivity index (χ0v) is 15.7. The number of nitriles is 1. The van der Waals surface area contributed by atoms with Crippen LogP contribution in [0.2, 0.25) is 5.02 Å². The first kappa shape index (κ1) is 18.4. The minimum Gasteiger partial charge on any atom is -0.356 e. The monoisotopic (exact) mass is 397 g/mol. The average Bonchev–Trinajstić information content (AvgIpc) is 3.19. The quantitative estimate of drug-likeness (QED) is 0.668. The maximum Gasteiger partial charge on any atom is 0.170 e. The number of piperazine rings is 1. The molecular weight excluding hydrogens is 381 g/mol. The maximum atomic E-state index is 14.0. The van der Waals surface area contributed by atoms with Crippen LogP contribution in [0.5, 0.6) is 0 Å². The van der Waals surface area contributed by atoms with Gasteiger partial charge < -0.3 is 9.42 Å². The number of benzene rings is 1. The molecule has 1 fully saturated rings. The highest BCUT2D eigenvalue weighted by Gasteiger charge is 2.20. The van der Waals surface area contributed by atoms with Crippen LogP contribution in [0, 0.1) is 17.1 Å². The standard InChI is InChI=1S/C20H17ClFN5O/c21-15-2-3-18(22)17(9-15)19-10-16(25-28-19)13-26-5-7-27(8-6-26)20-4-1-14(11-23)12-24-20/h1-4,9-10,12H,5-8,13H2. The van der Waals surface area contributed by atoms with Gasteiger partial charge in [-0.2, -0.15) is 5.26 Å². The summed E-state index contributed by atoms with van der Waals surface area (Å²) < 4.78 is 19.3. The van der Waals surface area contributed by atoms with Crippen molar-refractivity contribution in [3.8, 4) is 17.4 Å². The van der Waals surface area contributed by atoms with Gasteiger partial charge in [-0.05, 0) is 30.3 Å². The lowest BCUT2D eigenvalue weighted by atomic mass is 10.1. The van der Waals surface area contributed by atoms with E-state index >= 15 is 0 Å². The van der Waals surface area contributed by atoms with E-state index in [1.54, 1.807) is 18.3 Å². The van der Waals surface area contributed by atoms with Crippen molar-refractivity contribution in [2.75, 3.05) is 31.1 Å². The molecule has 0 unspecified atom stereocenters. The van der Waals surface area contributed by atoms with E-state index in [1.165, 1.54) is 18.2 Å². The van der Waals surface area contributed by atoms with Gasteiger partial charge in [-0.3, -0.25) is 4.90 Å². The average molecular weight is 398 g/mol. The number of hydrogen-bond donors (Lipinski definition) is 0. The van der Waals surface area contributed by atoms with E-state index in [2.05, 4.69) is 26.0 Å². The molecule has 1 saturated heterocycles. The van der Waals surface area contributed by atoms with Crippen LogP contribution in [0.1, 0.15) is 11.3 Å². The second-order valence-electron chi connectivity index (χ2n) is 6.59. The van der Waals surface area contributed by atoms with Crippen molar-refractivity contribution in [2.45, 2.75) is 6.54 Å². The van der Waals surface area contributed by atoms with Crippen molar-refractivity contribution in [3.63, 3.8) is 0 Å². The zero-order valence-electron chi connectivity index (χ0n) is 15.0. The van der Waals surface area contributed by atoms with Crippen LogP contribution in [0.15, 0.2) is 47.1 Å². The Morgan fingerprint density at radius 2 is 1.96 bits per heavy atom. The first-order valence-electron chi connectivity index (χ1n) is 8.87. The Labute approximate surface area is 166 Å². The van der Waals surface area contributed by atoms with E-state index in [0.29, 0.717) is 28.5 Å². The second kappa shape index (κ2) is 7.97. The number of rotatable bonds is 4. The molecule has 1 aliphatic rings. The van der Waals surface area contributed by atoms with Crippen molar-refractivity contribution < 1.29 is 8.91 Å². The highest BCUT2D eigenvalue weighted by atomic mass is 35.5. The molecule has 1 aliphatic heterocycles. The Bertz CT molecular complexity index is 1010. The molecule has 0 spiro atoms. The lowest BCUT2D eigenvalue weighted by Gasteiger charge is -2.34. The van der Waals surface area contributed by atoms with E-state index in [4.69, 9.17) is 21.4 Å². The van der Waals surface area contributed by atoms with E-state index in [-0.39, 0.29) is 0 Å². The van der Waals surface area contributed by atoms with Gasteiger partial charge in [0, 0.05) is 50.0 Å². The number of pyridine rings is 1. The van der Waals surface area contributed by atoms with Crippen LogP contribution in [0.25, 0.3) is 11.3 Å². The third-order valence-electron chi connectivity index (χ3n) is 4.71. The molecule has 8 heteroatoms. The summed E-state index contributed by atoms with van der Waals surface area (Å²) in [4.78, 5) is 8.79. The molecule has 142 valence electrons. The molecule has 0 radical (unpaired) electrons. The minimum absolute atomic E-state index is 0.308. The van der Waals surface area contributed by atoms with Gasteiger partial charge in [0.15, 0.2) is 5.76 Å². The molecule has 2 aromatic heterocycles. The molecule has 28 heavy (non-hydrogen) atoms. The topological polar surface area (TPSA) is 69.2 Å². The lowest BCUT2D eigenvalue weighted by molar-refractivity contribution is 0.242. The Morgan fingerprint density at radius 1 is 1.14 bits per heavy atom. The molecule has 0 amide bonds. The molecule has 1 aromatic carbocycles. The van der Waals surface area contributed by atoms with Gasteiger partial charge in [0.05, 0.1) is 16.8 Å². The highest BCUT2D eigenvalue weighted by molar-refractivity contribution is 6.30. The van der Waals surface area contributed by atoms with Crippen molar-refractivity contribution in [1.29, 1.82) is 5.26 Å². The third kappa shape index (κ3) is 3.98. The van der Waals surface area contributed by atoms with Gasteiger partial charge in [0.2, 0.25) is 0 Å². The summed E-state index contributed by atoms with van der Waals surface area (Å²) in [6, 6.07) is 11.8. The summed E-state index contributed by atoms with van der Waals surface area (Å²) in [6.45, 7) is 3.96. The molecule has 3 aromatic rings. The van der Waals surface area contributed by atoms with Crippen LogP contribution >= 0.6 is 11.6 Å². The predicted molar refractivity (Wildman–Crippen MR) is 103 cm³/mol. The van der Waals surface area contributed by atoms with Gasteiger partial charge >= 0.3 is 0 Å². The first-order chi connectivity index (χ1) is 13.6. The van der Waals surface area contributed by atoms with Gasteiger partial charge in [-0.15, -0.1) is 0 Å². The zero-order chi connectivity index (χ0) is 19.5. The molecule has 3 heterocycles. The largest absolute Gasteiger partial charge is 0.356 e. The van der Waals surface area contributed by atoms with Crippen LogP contribution in [-0.4, -0.2) is 41.2 Å². The molecule has 0 bridgehead atoms. The Hall–Kier alpha value is -2.95. The van der Waals surface area contributed by atoms with Gasteiger partial charge in [-0.25, -0.2) is 9.37 Å². The van der Waals surface area contributed by atoms with Crippen LogP contribution in [-0.2, 0) is 6.54 Å². The Morgan fingerprint density at radius 3 is 2.68 bits per heavy atom. The van der Waals surface area contributed by atoms with Crippen molar-refractivity contribution in [3.05, 3.63) is 64.7 Å². The summed E-state index contributed by atoms with van der Waals surface area (Å²) in [5.41, 5.74) is 1.61. The minimum atomic E-state index is -0.393. The third-order valence-corrected chi connectivity index (χ3v) is 4.95. The molecule has 0 N–H and O–H groups in total. The summed E-state index contributed by atoms with van der Waals surface area (Å²) in [5, 5.41) is 13.4. The number of hydrogen-bond acceptors (Lipinski definition) is 6. The fourth-order valence-electron chi connectivity index (χ4n) is 3.20. The van der Waals surface area contributed by atoms with E-state index in [0.717, 1.165) is 37.7 Å². The number of anilines is 1. The first-order valence-corrected chi connectivity index (χ1v) is 9.24. The summed E-state index contributed by atoms with van der Waals surface area (Å²) in [6.07, 6.45) is 1.59. The highest BCUT2D eigenvalue weighted by Crippen LogP contribution is 2.27. The lowest BCUT2D eigenvalue weighted by Crippen LogP contribution is -2.46. The fraction of sp³-hybridized carbons (Fsp3) is 0.250. The fourth-order valence-corrected chi connectivity index (χ4v) is 3.38. The predicted octanol–water partition coefficient (Wildman–Crippen LogP) is 3.72. The van der Waals surface area contributed by atoms with Crippen LogP contribution in [0.4, 0.5) is 10.2 Å². The maximum absolute atomic E-state index is 14.0. The molecular formula is C20H17ClFN5O. The van der Waals surface area contributed by atoms with Crippen molar-refractivity contribution >= 4 is 17.4 Å². The normalized spacial score (nSPS) is 14.8. The molecule has 0 aliphatic carbocycles. The number of aromatic nitrogens is 2. The van der Waals surface area contributed by atoms with Crippen LogP contribution in [0.3, 0.4) is 0 Å². The van der Waals surface area contributed by atoms with E-state index in [9.17, 15) is 4.39 Å². The number of halogens is 2. The van der Waals surface area contributed by atoms with Gasteiger partial charge in [-0.1, -0.05) is 16.8 Å². The summed E-state index contributed by atoms with van der Waals surface area (Å²) in [5.74, 6) is 0.852. The molecule has 0 saturated carbocycles. The van der Waals surface area contributed by atoms with Crippen molar-refractivity contribution in [2.24, 2.45) is 0 Å². The molecule has 0 atom stereocenters. The molecule has 4 rings (SSSR count). The Kier molecular flexibility index (Phi) is 5.24. The number of nitrogens with zero attached hydrogens (tertiary/aromatic N) is 5. The summed E-state index contributed by atoms with van der Waals surface area (Å²) in [7, 11) is 0. The van der Waals surface area contributed by atoms with Gasteiger partial charge in [0.25, 0.3) is 0 Å². The second-order valence-corrected chi connectivity index (χ2v) is 7.02. The molecule has 6 nitrogen and oxygen atoms in total. The SMILES string of the molecule is N#Cc1ccc(N2CCN(Cc3cc(-c4cc(Cl)ccc4F)on3)CC2)nc1. The van der Waals surface area contributed by atoms with E-state index < -0.39 is 5.82 Å².